The van der Waals surface area contributed by atoms with Crippen LogP contribution < -0.4 is 0 Å². The summed E-state index contributed by atoms with van der Waals surface area (Å²) in [6.07, 6.45) is 12.9. The summed E-state index contributed by atoms with van der Waals surface area (Å²) in [6.45, 7) is 2.28. The second kappa shape index (κ2) is 11.6. The molecule has 0 aromatic rings. The van der Waals surface area contributed by atoms with Crippen LogP contribution in [-0.4, -0.2) is 0 Å². The van der Waals surface area contributed by atoms with E-state index in [1.807, 2.05) is 0 Å². The number of unbranched alkanes of at least 4 members (excludes halogenated alkanes) is 8. The van der Waals surface area contributed by atoms with Crippen molar-refractivity contribution in [1.82, 2.24) is 0 Å². The van der Waals surface area contributed by atoms with Crippen LogP contribution in [0.4, 0.5) is 0 Å². The molecular formula is C11H23Rh. The summed E-state index contributed by atoms with van der Waals surface area (Å²) in [4.78, 5) is 0. The first-order chi connectivity index (χ1) is 5.91. The quantitative estimate of drug-likeness (QED) is 0.422. The van der Waals surface area contributed by atoms with Crippen LogP contribution in [0.2, 0.25) is 5.02 Å². The van der Waals surface area contributed by atoms with Crippen molar-refractivity contribution in [3.05, 3.63) is 0 Å². The Kier molecular flexibility index (Phi) is 12.2. The molecule has 0 aromatic carbocycles. The predicted octanol–water partition coefficient (Wildman–Crippen LogP) is 4.48. The van der Waals surface area contributed by atoms with Gasteiger partial charge in [0.1, 0.15) is 0 Å². The second-order valence-electron chi connectivity index (χ2n) is 3.50. The van der Waals surface area contributed by atoms with Crippen molar-refractivity contribution in [2.45, 2.75) is 69.7 Å². The Morgan fingerprint density at radius 1 is 0.667 bits per heavy atom. The summed E-state index contributed by atoms with van der Waals surface area (Å²) in [5.41, 5.74) is 0. The fourth-order valence-corrected chi connectivity index (χ4v) is 1.80. The van der Waals surface area contributed by atoms with Crippen LogP contribution in [0.15, 0.2) is 0 Å². The van der Waals surface area contributed by atoms with Gasteiger partial charge in [0, 0.05) is 0 Å². The molecule has 0 heterocycles. The normalized spacial score (nSPS) is 10.6. The van der Waals surface area contributed by atoms with E-state index in [2.05, 4.69) is 25.2 Å². The van der Waals surface area contributed by atoms with Crippen molar-refractivity contribution in [2.24, 2.45) is 0 Å². The number of hydrogen-bond acceptors (Lipinski definition) is 0. The monoisotopic (exact) mass is 258 g/mol. The molecular weight excluding hydrogens is 235 g/mol. The van der Waals surface area contributed by atoms with E-state index in [-0.39, 0.29) is 0 Å². The van der Waals surface area contributed by atoms with E-state index < -0.39 is 0 Å². The standard InChI is InChI=1S/C11H23.Rh/c1-3-5-7-9-11-10-8-6-4-2;/h1,3-11H2,2H3;. The number of rotatable bonds is 9. The summed E-state index contributed by atoms with van der Waals surface area (Å²) < 4.78 is 0. The van der Waals surface area contributed by atoms with Crippen LogP contribution in [0, 0.1) is 0 Å². The molecule has 0 spiro atoms. The molecule has 0 aliphatic carbocycles. The minimum atomic E-state index is 1.26. The van der Waals surface area contributed by atoms with Gasteiger partial charge in [-0.15, -0.1) is 0 Å². The van der Waals surface area contributed by atoms with Gasteiger partial charge >= 0.3 is 88.0 Å². The van der Waals surface area contributed by atoms with Gasteiger partial charge in [0.05, 0.1) is 0 Å². The van der Waals surface area contributed by atoms with Crippen LogP contribution in [0.1, 0.15) is 64.7 Å². The molecule has 0 radical (unpaired) electrons. The van der Waals surface area contributed by atoms with E-state index in [0.717, 1.165) is 0 Å². The molecule has 0 aliphatic rings. The molecule has 1 heteroatoms. The Bertz CT molecular complexity index is 61.4. The SMILES string of the molecule is CCCCCCCCCC[CH2][Rh]. The molecule has 0 fully saturated rings. The first-order valence-electron chi connectivity index (χ1n) is 5.44. The van der Waals surface area contributed by atoms with Crippen LogP contribution in [0.5, 0.6) is 0 Å². The van der Waals surface area contributed by atoms with Gasteiger partial charge in [-0.3, -0.25) is 0 Å². The molecule has 0 aliphatic heterocycles. The van der Waals surface area contributed by atoms with Crippen LogP contribution >= 0.6 is 0 Å². The van der Waals surface area contributed by atoms with E-state index >= 15 is 0 Å². The fraction of sp³-hybridized carbons (Fsp3) is 1.00. The molecule has 0 atom stereocenters. The molecule has 76 valence electrons. The van der Waals surface area contributed by atoms with Gasteiger partial charge < -0.3 is 0 Å². The summed E-state index contributed by atoms with van der Waals surface area (Å²) >= 11 is 2.97. The van der Waals surface area contributed by atoms with E-state index in [4.69, 9.17) is 0 Å². The van der Waals surface area contributed by atoms with Crippen LogP contribution in [0.3, 0.4) is 0 Å². The molecule has 0 nitrogen and oxygen atoms in total. The third-order valence-corrected chi connectivity index (χ3v) is 2.80. The fourth-order valence-electron chi connectivity index (χ4n) is 1.39. The predicted molar refractivity (Wildman–Crippen MR) is 52.0 cm³/mol. The Hall–Kier alpha value is 0.623. The van der Waals surface area contributed by atoms with Crippen molar-refractivity contribution in [2.75, 3.05) is 0 Å². The molecule has 0 unspecified atom stereocenters. The molecule has 0 amide bonds. The molecule has 0 rings (SSSR count). The summed E-state index contributed by atoms with van der Waals surface area (Å²) in [5.74, 6) is 0. The Labute approximate surface area is 88.2 Å². The average Bonchev–Trinajstić information content (AvgIpc) is 2.10. The number of hydrogen-bond donors (Lipinski definition) is 0. The topological polar surface area (TPSA) is 0 Å². The van der Waals surface area contributed by atoms with E-state index in [1.54, 1.807) is 0 Å². The van der Waals surface area contributed by atoms with Gasteiger partial charge in [-0.1, -0.05) is 0 Å². The van der Waals surface area contributed by atoms with Crippen LogP contribution in [0.25, 0.3) is 0 Å². The summed E-state index contributed by atoms with van der Waals surface area (Å²) in [5, 5.41) is 1.26. The van der Waals surface area contributed by atoms with Gasteiger partial charge in [-0.05, 0) is 0 Å². The molecule has 0 saturated carbocycles. The molecule has 0 N–H and O–H groups in total. The Morgan fingerprint density at radius 2 is 1.08 bits per heavy atom. The van der Waals surface area contributed by atoms with E-state index in [1.165, 1.54) is 62.8 Å². The molecule has 0 saturated heterocycles. The van der Waals surface area contributed by atoms with Crippen LogP contribution in [-0.2, 0) is 18.3 Å². The zero-order valence-electron chi connectivity index (χ0n) is 8.40. The maximum atomic E-state index is 2.97. The van der Waals surface area contributed by atoms with Gasteiger partial charge in [0.2, 0.25) is 0 Å². The first kappa shape index (κ1) is 12.6. The zero-order chi connectivity index (χ0) is 9.07. The van der Waals surface area contributed by atoms with Gasteiger partial charge in [-0.25, -0.2) is 0 Å². The third kappa shape index (κ3) is 10.6. The second-order valence-corrected chi connectivity index (χ2v) is 4.31. The summed E-state index contributed by atoms with van der Waals surface area (Å²) in [7, 11) is 0. The van der Waals surface area contributed by atoms with Crippen molar-refractivity contribution in [3.63, 3.8) is 0 Å². The van der Waals surface area contributed by atoms with Crippen molar-refractivity contribution in [1.29, 1.82) is 0 Å². The first-order valence-corrected chi connectivity index (χ1v) is 6.60. The summed E-state index contributed by atoms with van der Waals surface area (Å²) in [6, 6.07) is 0. The molecule has 12 heavy (non-hydrogen) atoms. The van der Waals surface area contributed by atoms with E-state index in [0.29, 0.717) is 0 Å². The zero-order valence-corrected chi connectivity index (χ0v) is 10.0. The van der Waals surface area contributed by atoms with E-state index in [9.17, 15) is 0 Å². The Balaban J connectivity index is 2.73. The van der Waals surface area contributed by atoms with Gasteiger partial charge in [-0.2, -0.15) is 0 Å². The van der Waals surface area contributed by atoms with Gasteiger partial charge in [0.15, 0.2) is 0 Å². The van der Waals surface area contributed by atoms with Crippen molar-refractivity contribution >= 4 is 0 Å². The average molecular weight is 258 g/mol. The minimum absolute atomic E-state index is 1.26. The maximum absolute atomic E-state index is 2.97. The van der Waals surface area contributed by atoms with Crippen molar-refractivity contribution < 1.29 is 18.3 Å². The molecule has 0 bridgehead atoms. The van der Waals surface area contributed by atoms with Crippen molar-refractivity contribution in [3.8, 4) is 0 Å². The third-order valence-electron chi connectivity index (χ3n) is 2.22. The Morgan fingerprint density at radius 3 is 1.50 bits per heavy atom. The molecule has 0 aromatic heterocycles. The van der Waals surface area contributed by atoms with Gasteiger partial charge in [0.25, 0.3) is 0 Å².